The molecule has 3 N–H and O–H groups in total. The van der Waals surface area contributed by atoms with E-state index in [2.05, 4.69) is 42.7 Å². The highest BCUT2D eigenvalue weighted by Gasteiger charge is 2.06. The van der Waals surface area contributed by atoms with Gasteiger partial charge in [-0.2, -0.15) is 0 Å². The predicted molar refractivity (Wildman–Crippen MR) is 57.6 cm³/mol. The van der Waals surface area contributed by atoms with E-state index in [0.717, 1.165) is 0 Å². The SMILES string of the molecule is C[C@@H](NN)c1cc2ccccc2s1. The molecule has 1 heterocycles. The molecule has 0 saturated heterocycles. The Kier molecular flexibility index (Phi) is 2.31. The second-order valence-corrected chi connectivity index (χ2v) is 4.19. The number of hydrogen-bond acceptors (Lipinski definition) is 3. The van der Waals surface area contributed by atoms with Crippen LogP contribution in [0, 0.1) is 0 Å². The van der Waals surface area contributed by atoms with Crippen LogP contribution < -0.4 is 11.3 Å². The lowest BCUT2D eigenvalue weighted by Gasteiger charge is -2.04. The summed E-state index contributed by atoms with van der Waals surface area (Å²) in [5, 5.41) is 1.30. The Morgan fingerprint density at radius 3 is 2.85 bits per heavy atom. The molecule has 0 radical (unpaired) electrons. The third kappa shape index (κ3) is 1.58. The number of hydrogen-bond donors (Lipinski definition) is 2. The van der Waals surface area contributed by atoms with Crippen LogP contribution in [0.3, 0.4) is 0 Å². The number of thiophene rings is 1. The predicted octanol–water partition coefficient (Wildman–Crippen LogP) is 2.43. The van der Waals surface area contributed by atoms with Crippen LogP contribution in [0.5, 0.6) is 0 Å². The Balaban J connectivity index is 2.49. The summed E-state index contributed by atoms with van der Waals surface area (Å²) in [4.78, 5) is 1.28. The lowest BCUT2D eigenvalue weighted by molar-refractivity contribution is 0.612. The van der Waals surface area contributed by atoms with Gasteiger partial charge in [-0.1, -0.05) is 18.2 Å². The first-order valence-electron chi connectivity index (χ1n) is 4.26. The number of nitrogens with one attached hydrogen (secondary N) is 1. The molecule has 1 aromatic carbocycles. The van der Waals surface area contributed by atoms with Crippen LogP contribution in [-0.2, 0) is 0 Å². The molecule has 2 aromatic rings. The summed E-state index contributed by atoms with van der Waals surface area (Å²) in [6.07, 6.45) is 0. The number of hydrazine groups is 1. The van der Waals surface area contributed by atoms with E-state index in [0.29, 0.717) is 0 Å². The fourth-order valence-electron chi connectivity index (χ4n) is 1.30. The van der Waals surface area contributed by atoms with Gasteiger partial charge in [-0.25, -0.2) is 0 Å². The average Bonchev–Trinajstić information content (AvgIpc) is 2.59. The van der Waals surface area contributed by atoms with E-state index >= 15 is 0 Å². The molecule has 0 aliphatic rings. The average molecular weight is 192 g/mol. The molecule has 0 bridgehead atoms. The summed E-state index contributed by atoms with van der Waals surface area (Å²) in [6.45, 7) is 2.06. The van der Waals surface area contributed by atoms with Gasteiger partial charge >= 0.3 is 0 Å². The normalized spacial score (nSPS) is 13.4. The van der Waals surface area contributed by atoms with Crippen LogP contribution in [0.15, 0.2) is 30.3 Å². The van der Waals surface area contributed by atoms with E-state index in [4.69, 9.17) is 5.84 Å². The van der Waals surface area contributed by atoms with Crippen molar-refractivity contribution in [3.8, 4) is 0 Å². The monoisotopic (exact) mass is 192 g/mol. The molecule has 2 rings (SSSR count). The molecule has 1 atom stereocenters. The Morgan fingerprint density at radius 2 is 2.15 bits per heavy atom. The minimum atomic E-state index is 0.234. The van der Waals surface area contributed by atoms with E-state index in [9.17, 15) is 0 Å². The third-order valence-electron chi connectivity index (χ3n) is 2.12. The van der Waals surface area contributed by atoms with Crippen LogP contribution in [0.1, 0.15) is 17.8 Å². The molecule has 0 amide bonds. The standard InChI is InChI=1S/C10H12N2S/c1-7(12-11)10-6-8-4-2-3-5-9(8)13-10/h2-7,12H,11H2,1H3/t7-/m1/s1. The van der Waals surface area contributed by atoms with Crippen molar-refractivity contribution in [2.75, 3.05) is 0 Å². The van der Waals surface area contributed by atoms with Crippen LogP contribution in [0.25, 0.3) is 10.1 Å². The molecule has 68 valence electrons. The zero-order chi connectivity index (χ0) is 9.26. The Morgan fingerprint density at radius 1 is 1.38 bits per heavy atom. The maximum atomic E-state index is 5.38. The highest BCUT2D eigenvalue weighted by Crippen LogP contribution is 2.28. The Bertz CT molecular complexity index is 375. The van der Waals surface area contributed by atoms with Crippen molar-refractivity contribution in [1.29, 1.82) is 0 Å². The molecule has 2 nitrogen and oxygen atoms in total. The van der Waals surface area contributed by atoms with Crippen molar-refractivity contribution < 1.29 is 0 Å². The fourth-order valence-corrected chi connectivity index (χ4v) is 2.37. The second kappa shape index (κ2) is 3.46. The first-order chi connectivity index (χ1) is 6.31. The molecule has 13 heavy (non-hydrogen) atoms. The van der Waals surface area contributed by atoms with Gasteiger partial charge in [0.25, 0.3) is 0 Å². The van der Waals surface area contributed by atoms with E-state index in [1.165, 1.54) is 15.0 Å². The van der Waals surface area contributed by atoms with Gasteiger partial charge in [0.2, 0.25) is 0 Å². The van der Waals surface area contributed by atoms with E-state index in [1.54, 1.807) is 11.3 Å². The van der Waals surface area contributed by atoms with Crippen molar-refractivity contribution in [3.05, 3.63) is 35.2 Å². The molecule has 1 aromatic heterocycles. The lowest BCUT2D eigenvalue weighted by atomic mass is 10.2. The smallest absolute Gasteiger partial charge is 0.0525 e. The zero-order valence-corrected chi connectivity index (χ0v) is 8.27. The minimum absolute atomic E-state index is 0.234. The van der Waals surface area contributed by atoms with Crippen LogP contribution >= 0.6 is 11.3 Å². The topological polar surface area (TPSA) is 38.0 Å². The molecular weight excluding hydrogens is 180 g/mol. The van der Waals surface area contributed by atoms with E-state index in [1.807, 2.05) is 0 Å². The van der Waals surface area contributed by atoms with Crippen LogP contribution in [0.4, 0.5) is 0 Å². The van der Waals surface area contributed by atoms with Gasteiger partial charge in [-0.15, -0.1) is 11.3 Å². The molecule has 0 unspecified atom stereocenters. The molecule has 0 aliphatic heterocycles. The van der Waals surface area contributed by atoms with Crippen molar-refractivity contribution in [3.63, 3.8) is 0 Å². The van der Waals surface area contributed by atoms with Gasteiger partial charge < -0.3 is 0 Å². The van der Waals surface area contributed by atoms with Crippen molar-refractivity contribution >= 4 is 21.4 Å². The summed E-state index contributed by atoms with van der Waals surface area (Å²) in [6, 6.07) is 10.8. The maximum Gasteiger partial charge on any atom is 0.0525 e. The van der Waals surface area contributed by atoms with Gasteiger partial charge in [0.15, 0.2) is 0 Å². The number of nitrogens with two attached hydrogens (primary N) is 1. The fraction of sp³-hybridized carbons (Fsp3) is 0.200. The minimum Gasteiger partial charge on any atom is -0.271 e. The summed E-state index contributed by atoms with van der Waals surface area (Å²) in [7, 11) is 0. The van der Waals surface area contributed by atoms with Crippen LogP contribution in [0.2, 0.25) is 0 Å². The van der Waals surface area contributed by atoms with E-state index < -0.39 is 0 Å². The van der Waals surface area contributed by atoms with E-state index in [-0.39, 0.29) is 6.04 Å². The molecular formula is C10H12N2S. The summed E-state index contributed by atoms with van der Waals surface area (Å²) < 4.78 is 1.32. The summed E-state index contributed by atoms with van der Waals surface area (Å²) in [5.41, 5.74) is 2.75. The van der Waals surface area contributed by atoms with Gasteiger partial charge in [0, 0.05) is 9.58 Å². The van der Waals surface area contributed by atoms with Gasteiger partial charge in [0.1, 0.15) is 0 Å². The molecule has 3 heteroatoms. The lowest BCUT2D eigenvalue weighted by Crippen LogP contribution is -2.24. The molecule has 0 saturated carbocycles. The molecule has 0 fully saturated rings. The van der Waals surface area contributed by atoms with Crippen molar-refractivity contribution in [1.82, 2.24) is 5.43 Å². The van der Waals surface area contributed by atoms with Gasteiger partial charge in [-0.3, -0.25) is 11.3 Å². The van der Waals surface area contributed by atoms with Crippen molar-refractivity contribution in [2.45, 2.75) is 13.0 Å². The second-order valence-electron chi connectivity index (χ2n) is 3.07. The molecule has 0 aliphatic carbocycles. The number of benzene rings is 1. The van der Waals surface area contributed by atoms with Gasteiger partial charge in [0.05, 0.1) is 6.04 Å². The Labute approximate surface area is 81.3 Å². The third-order valence-corrected chi connectivity index (χ3v) is 3.42. The highest BCUT2D eigenvalue weighted by atomic mass is 32.1. The first kappa shape index (κ1) is 8.69. The number of rotatable bonds is 2. The summed E-state index contributed by atoms with van der Waals surface area (Å²) in [5.74, 6) is 5.38. The zero-order valence-electron chi connectivity index (χ0n) is 7.45. The maximum absolute atomic E-state index is 5.38. The largest absolute Gasteiger partial charge is 0.271 e. The quantitative estimate of drug-likeness (QED) is 0.566. The highest BCUT2D eigenvalue weighted by molar-refractivity contribution is 7.19. The van der Waals surface area contributed by atoms with Crippen LogP contribution in [-0.4, -0.2) is 0 Å². The number of fused-ring (bicyclic) bond motifs is 1. The first-order valence-corrected chi connectivity index (χ1v) is 5.07. The van der Waals surface area contributed by atoms with Crippen molar-refractivity contribution in [2.24, 2.45) is 5.84 Å². The molecule has 0 spiro atoms. The van der Waals surface area contributed by atoms with Gasteiger partial charge in [-0.05, 0) is 24.4 Å². The Hall–Kier alpha value is -0.900. The summed E-state index contributed by atoms with van der Waals surface area (Å²) >= 11 is 1.79.